The van der Waals surface area contributed by atoms with Crippen LogP contribution >= 0.6 is 0 Å². The molecule has 1 heterocycles. The highest BCUT2D eigenvalue weighted by atomic mass is 16.5. The van der Waals surface area contributed by atoms with E-state index < -0.39 is 0 Å². The summed E-state index contributed by atoms with van der Waals surface area (Å²) in [4.78, 5) is 11.9. The summed E-state index contributed by atoms with van der Waals surface area (Å²) < 4.78 is 5.57. The van der Waals surface area contributed by atoms with Crippen LogP contribution in [0.3, 0.4) is 0 Å². The molecule has 2 aromatic carbocycles. The molecule has 0 bridgehead atoms. The van der Waals surface area contributed by atoms with E-state index in [2.05, 4.69) is 18.2 Å². The predicted octanol–water partition coefficient (Wildman–Crippen LogP) is 3.83. The normalized spacial score (nSPS) is 20.2. The lowest BCUT2D eigenvalue weighted by Gasteiger charge is -2.19. The molecule has 0 saturated carbocycles. The van der Waals surface area contributed by atoms with Crippen molar-refractivity contribution in [1.29, 1.82) is 0 Å². The van der Waals surface area contributed by atoms with E-state index in [0.717, 1.165) is 17.5 Å². The van der Waals surface area contributed by atoms with Crippen molar-refractivity contribution in [2.24, 2.45) is 0 Å². The molecule has 2 heteroatoms. The number of hydrogen-bond acceptors (Lipinski definition) is 2. The first kappa shape index (κ1) is 11.7. The highest BCUT2D eigenvalue weighted by Gasteiger charge is 2.32. The summed E-state index contributed by atoms with van der Waals surface area (Å²) in [6.45, 7) is 0. The van der Waals surface area contributed by atoms with E-state index in [4.69, 9.17) is 4.74 Å². The van der Waals surface area contributed by atoms with Gasteiger partial charge < -0.3 is 4.74 Å². The third-order valence-electron chi connectivity index (χ3n) is 4.36. The third kappa shape index (κ3) is 1.75. The first-order chi connectivity index (χ1) is 9.83. The summed E-state index contributed by atoms with van der Waals surface area (Å²) >= 11 is 0. The fourth-order valence-electron chi connectivity index (χ4n) is 3.31. The summed E-state index contributed by atoms with van der Waals surface area (Å²) in [7, 11) is 0. The van der Waals surface area contributed by atoms with E-state index in [1.54, 1.807) is 0 Å². The summed E-state index contributed by atoms with van der Waals surface area (Å²) in [6, 6.07) is 14.2. The van der Waals surface area contributed by atoms with Gasteiger partial charge in [0.15, 0.2) is 6.10 Å². The number of carbonyl (C=O) groups is 1. The fraction of sp³-hybridized carbons (Fsp3) is 0.278. The van der Waals surface area contributed by atoms with Crippen LogP contribution in [0, 0.1) is 0 Å². The lowest BCUT2D eigenvalue weighted by molar-refractivity contribution is 0.0455. The lowest BCUT2D eigenvalue weighted by atomic mass is 9.88. The van der Waals surface area contributed by atoms with Crippen LogP contribution in [-0.4, -0.2) is 5.97 Å². The van der Waals surface area contributed by atoms with Gasteiger partial charge in [0.05, 0.1) is 5.56 Å². The molecule has 4 rings (SSSR count). The molecular weight excluding hydrogens is 248 g/mol. The minimum Gasteiger partial charge on any atom is -0.449 e. The van der Waals surface area contributed by atoms with Gasteiger partial charge in [0.25, 0.3) is 0 Å². The standard InChI is InChI=1S/C18H16O2/c19-18-16-8-4-3-7-15(16)17(20-18)14-10-9-12-5-1-2-6-13(12)11-14/h3-4,7-11,17H,1-2,5-6H2/t17-/m0/s1. The molecule has 100 valence electrons. The van der Waals surface area contributed by atoms with E-state index in [-0.39, 0.29) is 12.1 Å². The van der Waals surface area contributed by atoms with Gasteiger partial charge in [0, 0.05) is 5.56 Å². The molecule has 1 aliphatic heterocycles. The average Bonchev–Trinajstić information content (AvgIpc) is 2.85. The van der Waals surface area contributed by atoms with Crippen LogP contribution in [0.4, 0.5) is 0 Å². The zero-order valence-corrected chi connectivity index (χ0v) is 11.3. The van der Waals surface area contributed by atoms with Gasteiger partial charge in [0.1, 0.15) is 0 Å². The Morgan fingerprint density at radius 3 is 2.65 bits per heavy atom. The van der Waals surface area contributed by atoms with Crippen molar-refractivity contribution in [3.8, 4) is 0 Å². The molecule has 2 aliphatic rings. The van der Waals surface area contributed by atoms with Crippen LogP contribution in [0.2, 0.25) is 0 Å². The molecule has 0 aromatic heterocycles. The quantitative estimate of drug-likeness (QED) is 0.732. The average molecular weight is 264 g/mol. The maximum atomic E-state index is 11.9. The van der Waals surface area contributed by atoms with Gasteiger partial charge in [0.2, 0.25) is 0 Å². The molecule has 1 atom stereocenters. The van der Waals surface area contributed by atoms with Crippen molar-refractivity contribution in [3.63, 3.8) is 0 Å². The van der Waals surface area contributed by atoms with Gasteiger partial charge in [-0.05, 0) is 48.4 Å². The largest absolute Gasteiger partial charge is 0.449 e. The Labute approximate surface area is 118 Å². The zero-order chi connectivity index (χ0) is 13.5. The van der Waals surface area contributed by atoms with Crippen LogP contribution in [0.25, 0.3) is 0 Å². The van der Waals surface area contributed by atoms with Crippen LogP contribution in [0.1, 0.15) is 51.6 Å². The van der Waals surface area contributed by atoms with E-state index in [0.29, 0.717) is 5.56 Å². The SMILES string of the molecule is O=C1O[C@@H](c2ccc3c(c2)CCCC3)c2ccccc21. The molecule has 0 saturated heterocycles. The van der Waals surface area contributed by atoms with E-state index in [1.807, 2.05) is 24.3 Å². The number of aryl methyl sites for hydroxylation is 2. The maximum absolute atomic E-state index is 11.9. The number of esters is 1. The topological polar surface area (TPSA) is 26.3 Å². The first-order valence-corrected chi connectivity index (χ1v) is 7.24. The molecular formula is C18H16O2. The van der Waals surface area contributed by atoms with Gasteiger partial charge >= 0.3 is 5.97 Å². The van der Waals surface area contributed by atoms with Crippen LogP contribution in [0.15, 0.2) is 42.5 Å². The molecule has 0 radical (unpaired) electrons. The predicted molar refractivity (Wildman–Crippen MR) is 76.8 cm³/mol. The summed E-state index contributed by atoms with van der Waals surface area (Å²) in [6.07, 6.45) is 4.64. The molecule has 1 aliphatic carbocycles. The zero-order valence-electron chi connectivity index (χ0n) is 11.3. The minimum absolute atomic E-state index is 0.205. The van der Waals surface area contributed by atoms with Crippen molar-refractivity contribution in [2.75, 3.05) is 0 Å². The van der Waals surface area contributed by atoms with Gasteiger partial charge in [-0.3, -0.25) is 0 Å². The van der Waals surface area contributed by atoms with Gasteiger partial charge in [-0.2, -0.15) is 0 Å². The van der Waals surface area contributed by atoms with Crippen LogP contribution < -0.4 is 0 Å². The number of rotatable bonds is 1. The number of ether oxygens (including phenoxy) is 1. The fourth-order valence-corrected chi connectivity index (χ4v) is 3.31. The van der Waals surface area contributed by atoms with E-state index in [9.17, 15) is 4.79 Å². The Morgan fingerprint density at radius 2 is 1.75 bits per heavy atom. The number of benzene rings is 2. The number of carbonyl (C=O) groups excluding carboxylic acids is 1. The second kappa shape index (κ2) is 4.48. The molecule has 0 amide bonds. The third-order valence-corrected chi connectivity index (χ3v) is 4.36. The van der Waals surface area contributed by atoms with Crippen molar-refractivity contribution >= 4 is 5.97 Å². The van der Waals surface area contributed by atoms with Crippen LogP contribution in [0.5, 0.6) is 0 Å². The Hall–Kier alpha value is -2.09. The molecule has 0 unspecified atom stereocenters. The maximum Gasteiger partial charge on any atom is 0.339 e. The smallest absolute Gasteiger partial charge is 0.339 e. The molecule has 0 N–H and O–H groups in total. The molecule has 0 fully saturated rings. The summed E-state index contributed by atoms with van der Waals surface area (Å²) in [5.41, 5.74) is 5.68. The minimum atomic E-state index is -0.231. The Morgan fingerprint density at radius 1 is 0.950 bits per heavy atom. The number of fused-ring (bicyclic) bond motifs is 2. The van der Waals surface area contributed by atoms with Crippen LogP contribution in [-0.2, 0) is 17.6 Å². The highest BCUT2D eigenvalue weighted by molar-refractivity contribution is 5.94. The highest BCUT2D eigenvalue weighted by Crippen LogP contribution is 2.37. The van der Waals surface area contributed by atoms with Gasteiger partial charge in [-0.15, -0.1) is 0 Å². The van der Waals surface area contributed by atoms with Crippen molar-refractivity contribution < 1.29 is 9.53 Å². The second-order valence-electron chi connectivity index (χ2n) is 5.61. The Bertz CT molecular complexity index is 688. The molecule has 0 spiro atoms. The summed E-state index contributed by atoms with van der Waals surface area (Å²) in [5.74, 6) is -0.205. The number of hydrogen-bond donors (Lipinski definition) is 0. The van der Waals surface area contributed by atoms with E-state index in [1.165, 1.54) is 30.4 Å². The summed E-state index contributed by atoms with van der Waals surface area (Å²) in [5, 5.41) is 0. The Kier molecular flexibility index (Phi) is 2.62. The van der Waals surface area contributed by atoms with Gasteiger partial charge in [-0.1, -0.05) is 36.4 Å². The van der Waals surface area contributed by atoms with E-state index >= 15 is 0 Å². The number of cyclic esters (lactones) is 1. The monoisotopic (exact) mass is 264 g/mol. The van der Waals surface area contributed by atoms with Gasteiger partial charge in [-0.25, -0.2) is 4.79 Å². The first-order valence-electron chi connectivity index (χ1n) is 7.24. The van der Waals surface area contributed by atoms with Crippen molar-refractivity contribution in [1.82, 2.24) is 0 Å². The van der Waals surface area contributed by atoms with Crippen molar-refractivity contribution in [2.45, 2.75) is 31.8 Å². The molecule has 2 nitrogen and oxygen atoms in total. The second-order valence-corrected chi connectivity index (χ2v) is 5.61. The molecule has 2 aromatic rings. The lowest BCUT2D eigenvalue weighted by Crippen LogP contribution is -2.06. The Balaban J connectivity index is 1.77. The molecule has 20 heavy (non-hydrogen) atoms. The van der Waals surface area contributed by atoms with Crippen molar-refractivity contribution in [3.05, 3.63) is 70.3 Å².